The van der Waals surface area contributed by atoms with E-state index in [4.69, 9.17) is 5.11 Å². The first-order valence-electron chi connectivity index (χ1n) is 10.1. The number of amides is 2. The Morgan fingerprint density at radius 2 is 1.19 bits per heavy atom. The van der Waals surface area contributed by atoms with E-state index in [1.165, 1.54) is 0 Å². The van der Waals surface area contributed by atoms with Gasteiger partial charge in [0, 0.05) is 72.1 Å². The van der Waals surface area contributed by atoms with Crippen LogP contribution in [-0.2, 0) is 14.4 Å². The van der Waals surface area contributed by atoms with E-state index >= 15 is 0 Å². The summed E-state index contributed by atoms with van der Waals surface area (Å²) in [6.07, 6.45) is 0.890. The molecule has 0 aliphatic carbocycles. The maximum Gasteiger partial charge on any atom is 0.303 e. The summed E-state index contributed by atoms with van der Waals surface area (Å²) in [4.78, 5) is 41.3. The summed E-state index contributed by atoms with van der Waals surface area (Å²) in [5.74, 6) is -0.527. The molecule has 2 amide bonds. The van der Waals surface area contributed by atoms with Crippen LogP contribution in [0.3, 0.4) is 0 Å². The summed E-state index contributed by atoms with van der Waals surface area (Å²) in [5.41, 5.74) is 0. The molecule has 0 aromatic heterocycles. The SMILES string of the molecule is CCN1CCN(C(=O)CCCC(=O)O)CC1.CCN1CCN(C(C)=O)CC1. The molecule has 1 N–H and O–H groups in total. The number of rotatable bonds is 6. The lowest BCUT2D eigenvalue weighted by Gasteiger charge is -2.34. The topological polar surface area (TPSA) is 84.4 Å². The molecule has 2 heterocycles. The molecule has 0 spiro atoms. The Hall–Kier alpha value is -1.67. The molecule has 0 atom stereocenters. The number of carboxylic acids is 1. The number of carbonyl (C=O) groups is 3. The summed E-state index contributed by atoms with van der Waals surface area (Å²) in [5, 5.41) is 8.47. The zero-order valence-electron chi connectivity index (χ0n) is 17.2. The van der Waals surface area contributed by atoms with Crippen LogP contribution in [0.5, 0.6) is 0 Å². The van der Waals surface area contributed by atoms with Crippen molar-refractivity contribution in [1.82, 2.24) is 19.6 Å². The predicted molar refractivity (Wildman–Crippen MR) is 105 cm³/mol. The number of hydrogen-bond acceptors (Lipinski definition) is 5. The third kappa shape index (κ3) is 9.19. The van der Waals surface area contributed by atoms with Gasteiger partial charge in [-0.3, -0.25) is 14.4 Å². The number of piperazine rings is 2. The number of carboxylic acid groups (broad SMARTS) is 1. The monoisotopic (exact) mass is 384 g/mol. The fourth-order valence-electron chi connectivity index (χ4n) is 3.24. The highest BCUT2D eigenvalue weighted by Gasteiger charge is 2.19. The fraction of sp³-hybridized carbons (Fsp3) is 0.842. The molecule has 2 aliphatic heterocycles. The van der Waals surface area contributed by atoms with Gasteiger partial charge in [0.25, 0.3) is 0 Å². The maximum absolute atomic E-state index is 11.7. The zero-order valence-corrected chi connectivity index (χ0v) is 17.2. The number of carbonyl (C=O) groups excluding carboxylic acids is 2. The molecular weight excluding hydrogens is 348 g/mol. The molecule has 0 unspecified atom stereocenters. The van der Waals surface area contributed by atoms with Gasteiger partial charge in [0.15, 0.2) is 0 Å². The smallest absolute Gasteiger partial charge is 0.303 e. The van der Waals surface area contributed by atoms with Gasteiger partial charge in [0.1, 0.15) is 0 Å². The second-order valence-corrected chi connectivity index (χ2v) is 7.00. The predicted octanol–water partition coefficient (Wildman–Crippen LogP) is 0.576. The van der Waals surface area contributed by atoms with Crippen LogP contribution in [0.4, 0.5) is 0 Å². The quantitative estimate of drug-likeness (QED) is 0.721. The lowest BCUT2D eigenvalue weighted by atomic mass is 10.2. The minimum Gasteiger partial charge on any atom is -0.481 e. The second-order valence-electron chi connectivity index (χ2n) is 7.00. The van der Waals surface area contributed by atoms with Gasteiger partial charge < -0.3 is 24.7 Å². The van der Waals surface area contributed by atoms with Crippen molar-refractivity contribution in [1.29, 1.82) is 0 Å². The first kappa shape index (κ1) is 23.4. The number of nitrogens with zero attached hydrogens (tertiary/aromatic N) is 4. The van der Waals surface area contributed by atoms with E-state index in [9.17, 15) is 14.4 Å². The fourth-order valence-corrected chi connectivity index (χ4v) is 3.24. The van der Waals surface area contributed by atoms with E-state index in [1.807, 2.05) is 9.80 Å². The molecule has 2 aliphatic rings. The van der Waals surface area contributed by atoms with Gasteiger partial charge in [-0.15, -0.1) is 0 Å². The van der Waals surface area contributed by atoms with Crippen LogP contribution in [0.1, 0.15) is 40.0 Å². The van der Waals surface area contributed by atoms with Crippen LogP contribution < -0.4 is 0 Å². The van der Waals surface area contributed by atoms with Crippen molar-refractivity contribution in [3.05, 3.63) is 0 Å². The van der Waals surface area contributed by atoms with E-state index in [1.54, 1.807) is 6.92 Å². The normalized spacial score (nSPS) is 18.6. The molecule has 8 nitrogen and oxygen atoms in total. The Kier molecular flexibility index (Phi) is 11.0. The van der Waals surface area contributed by atoms with Gasteiger partial charge in [-0.05, 0) is 19.5 Å². The van der Waals surface area contributed by atoms with Crippen molar-refractivity contribution in [3.63, 3.8) is 0 Å². The molecular formula is C19H36N4O4. The lowest BCUT2D eigenvalue weighted by Crippen LogP contribution is -2.48. The van der Waals surface area contributed by atoms with E-state index in [2.05, 4.69) is 23.6 Å². The third-order valence-electron chi connectivity index (χ3n) is 5.22. The van der Waals surface area contributed by atoms with Crippen LogP contribution in [-0.4, -0.2) is 108 Å². The van der Waals surface area contributed by atoms with Crippen LogP contribution in [0.25, 0.3) is 0 Å². The minimum absolute atomic E-state index is 0.0840. The first-order valence-corrected chi connectivity index (χ1v) is 10.1. The Bertz CT molecular complexity index is 470. The summed E-state index contributed by atoms with van der Waals surface area (Å²) in [6.45, 7) is 15.3. The van der Waals surface area contributed by atoms with Gasteiger partial charge in [-0.1, -0.05) is 13.8 Å². The van der Waals surface area contributed by atoms with Crippen LogP contribution in [0.2, 0.25) is 0 Å². The highest BCUT2D eigenvalue weighted by atomic mass is 16.4. The van der Waals surface area contributed by atoms with Gasteiger partial charge in [0.2, 0.25) is 11.8 Å². The molecule has 156 valence electrons. The Labute approximate surface area is 163 Å². The Balaban J connectivity index is 0.000000289. The van der Waals surface area contributed by atoms with E-state index in [0.29, 0.717) is 12.8 Å². The Morgan fingerprint density at radius 3 is 1.56 bits per heavy atom. The lowest BCUT2D eigenvalue weighted by molar-refractivity contribution is -0.137. The van der Waals surface area contributed by atoms with Crippen LogP contribution >= 0.6 is 0 Å². The van der Waals surface area contributed by atoms with Crippen molar-refractivity contribution >= 4 is 17.8 Å². The first-order chi connectivity index (χ1) is 12.9. The van der Waals surface area contributed by atoms with E-state index in [0.717, 1.165) is 65.4 Å². The van der Waals surface area contributed by atoms with E-state index in [-0.39, 0.29) is 18.2 Å². The van der Waals surface area contributed by atoms with Crippen LogP contribution in [0.15, 0.2) is 0 Å². The average Bonchev–Trinajstić information content (AvgIpc) is 2.68. The molecule has 0 radical (unpaired) electrons. The summed E-state index contributed by atoms with van der Waals surface area (Å²) in [7, 11) is 0. The third-order valence-corrected chi connectivity index (χ3v) is 5.22. The van der Waals surface area contributed by atoms with Gasteiger partial charge in [0.05, 0.1) is 0 Å². The van der Waals surface area contributed by atoms with E-state index < -0.39 is 5.97 Å². The van der Waals surface area contributed by atoms with Crippen molar-refractivity contribution in [3.8, 4) is 0 Å². The van der Waals surface area contributed by atoms with Crippen LogP contribution in [0, 0.1) is 0 Å². The number of likely N-dealkylation sites (N-methyl/N-ethyl adjacent to an activating group) is 2. The molecule has 0 bridgehead atoms. The summed E-state index contributed by atoms with van der Waals surface area (Å²) >= 11 is 0. The molecule has 0 aromatic carbocycles. The highest BCUT2D eigenvalue weighted by molar-refractivity contribution is 5.77. The summed E-state index contributed by atoms with van der Waals surface area (Å²) in [6, 6.07) is 0. The average molecular weight is 385 g/mol. The van der Waals surface area contributed by atoms with Crippen molar-refractivity contribution in [2.75, 3.05) is 65.4 Å². The molecule has 0 aromatic rings. The number of hydrogen-bond donors (Lipinski definition) is 1. The maximum atomic E-state index is 11.7. The van der Waals surface area contributed by atoms with Gasteiger partial charge in [-0.2, -0.15) is 0 Å². The van der Waals surface area contributed by atoms with Crippen molar-refractivity contribution < 1.29 is 19.5 Å². The van der Waals surface area contributed by atoms with Crippen molar-refractivity contribution in [2.45, 2.75) is 40.0 Å². The highest BCUT2D eigenvalue weighted by Crippen LogP contribution is 2.06. The Morgan fingerprint density at radius 1 is 0.741 bits per heavy atom. The van der Waals surface area contributed by atoms with Crippen molar-refractivity contribution in [2.24, 2.45) is 0 Å². The largest absolute Gasteiger partial charge is 0.481 e. The molecule has 27 heavy (non-hydrogen) atoms. The standard InChI is InChI=1S/C11H20N2O3.C8H16N2O/c1-2-12-6-8-13(9-7-12)10(14)4-3-5-11(15)16;1-3-9-4-6-10(7-5-9)8(2)11/h2-9H2,1H3,(H,15,16);3-7H2,1-2H3. The second kappa shape index (κ2) is 12.7. The minimum atomic E-state index is -0.830. The molecule has 8 heteroatoms. The summed E-state index contributed by atoms with van der Waals surface area (Å²) < 4.78 is 0. The number of aliphatic carboxylic acids is 1. The van der Waals surface area contributed by atoms with Gasteiger partial charge >= 0.3 is 5.97 Å². The zero-order chi connectivity index (χ0) is 20.2. The molecule has 2 saturated heterocycles. The molecule has 2 rings (SSSR count). The molecule has 2 fully saturated rings. The molecule has 0 saturated carbocycles. The van der Waals surface area contributed by atoms with Gasteiger partial charge in [-0.25, -0.2) is 0 Å².